The van der Waals surface area contributed by atoms with Crippen molar-refractivity contribution < 1.29 is 9.84 Å². The largest absolute Gasteiger partial charge is 0.492 e. The van der Waals surface area contributed by atoms with Crippen molar-refractivity contribution >= 4 is 6.08 Å². The zero-order valence-electron chi connectivity index (χ0n) is 11.3. The van der Waals surface area contributed by atoms with Crippen molar-refractivity contribution in [1.29, 1.82) is 0 Å². The molecule has 0 unspecified atom stereocenters. The van der Waals surface area contributed by atoms with Crippen molar-refractivity contribution in [3.63, 3.8) is 0 Å². The Balaban J connectivity index is 2.01. The van der Waals surface area contributed by atoms with Gasteiger partial charge in [-0.2, -0.15) is 0 Å². The number of nitrogens with two attached hydrogens (primary N) is 1. The number of aliphatic hydroxyl groups is 1. The molecule has 3 heteroatoms. The predicted octanol–water partition coefficient (Wildman–Crippen LogP) is 2.73. The van der Waals surface area contributed by atoms with Crippen LogP contribution in [-0.2, 0) is 0 Å². The van der Waals surface area contributed by atoms with Gasteiger partial charge < -0.3 is 15.6 Å². The fraction of sp³-hybridized carbons (Fsp3) is 0.500. The standard InChI is InChI=1S/C16H23NO2/c17-11-12-19-15-6-4-5-14(13-15)7-10-16(18)8-2-1-3-9-16/h4-7,10,13,18H,1-3,8-9,11-12,17H2. The molecule has 19 heavy (non-hydrogen) atoms. The molecule has 0 saturated heterocycles. The fourth-order valence-corrected chi connectivity index (χ4v) is 2.47. The molecule has 0 atom stereocenters. The van der Waals surface area contributed by atoms with Gasteiger partial charge in [0.25, 0.3) is 0 Å². The number of rotatable bonds is 5. The third-order valence-electron chi connectivity index (χ3n) is 3.55. The highest BCUT2D eigenvalue weighted by atomic mass is 16.5. The van der Waals surface area contributed by atoms with Crippen LogP contribution in [0.4, 0.5) is 0 Å². The lowest BCUT2D eigenvalue weighted by Crippen LogP contribution is -2.28. The number of ether oxygens (including phenoxy) is 1. The van der Waals surface area contributed by atoms with Gasteiger partial charge in [0.15, 0.2) is 0 Å². The van der Waals surface area contributed by atoms with Crippen molar-refractivity contribution in [2.75, 3.05) is 13.2 Å². The lowest BCUT2D eigenvalue weighted by molar-refractivity contribution is 0.0521. The van der Waals surface area contributed by atoms with Gasteiger partial charge in [-0.05, 0) is 30.5 Å². The Hall–Kier alpha value is -1.32. The van der Waals surface area contributed by atoms with Crippen LogP contribution < -0.4 is 10.5 Å². The quantitative estimate of drug-likeness (QED) is 0.857. The molecule has 104 valence electrons. The minimum absolute atomic E-state index is 0.514. The second-order valence-electron chi connectivity index (χ2n) is 5.21. The Morgan fingerprint density at radius 1 is 1.26 bits per heavy atom. The molecule has 0 radical (unpaired) electrons. The van der Waals surface area contributed by atoms with E-state index in [4.69, 9.17) is 10.5 Å². The first kappa shape index (κ1) is 14.1. The summed E-state index contributed by atoms with van der Waals surface area (Å²) in [5.74, 6) is 0.822. The first-order valence-electron chi connectivity index (χ1n) is 7.06. The number of hydrogen-bond acceptors (Lipinski definition) is 3. The molecular weight excluding hydrogens is 238 g/mol. The second kappa shape index (κ2) is 6.73. The summed E-state index contributed by atoms with van der Waals surface area (Å²) < 4.78 is 5.49. The van der Waals surface area contributed by atoms with Crippen molar-refractivity contribution in [2.45, 2.75) is 37.7 Å². The van der Waals surface area contributed by atoms with E-state index in [1.54, 1.807) is 0 Å². The first-order chi connectivity index (χ1) is 9.22. The van der Waals surface area contributed by atoms with E-state index in [1.165, 1.54) is 6.42 Å². The van der Waals surface area contributed by atoms with Crippen LogP contribution in [0.2, 0.25) is 0 Å². The van der Waals surface area contributed by atoms with Crippen molar-refractivity contribution in [2.24, 2.45) is 5.73 Å². The zero-order chi connectivity index (χ0) is 13.6. The number of hydrogen-bond donors (Lipinski definition) is 2. The highest BCUT2D eigenvalue weighted by Crippen LogP contribution is 2.29. The summed E-state index contributed by atoms with van der Waals surface area (Å²) in [4.78, 5) is 0. The topological polar surface area (TPSA) is 55.5 Å². The van der Waals surface area contributed by atoms with Gasteiger partial charge >= 0.3 is 0 Å². The summed E-state index contributed by atoms with van der Waals surface area (Å²) in [6, 6.07) is 7.86. The van der Waals surface area contributed by atoms with Crippen molar-refractivity contribution in [3.05, 3.63) is 35.9 Å². The zero-order valence-corrected chi connectivity index (χ0v) is 11.3. The molecule has 1 aromatic rings. The summed E-state index contributed by atoms with van der Waals surface area (Å²) in [5, 5.41) is 10.4. The Kier molecular flexibility index (Phi) is 5.00. The number of benzene rings is 1. The van der Waals surface area contributed by atoms with Gasteiger partial charge in [-0.1, -0.05) is 43.5 Å². The maximum Gasteiger partial charge on any atom is 0.119 e. The summed E-state index contributed by atoms with van der Waals surface area (Å²) in [6.45, 7) is 1.04. The predicted molar refractivity (Wildman–Crippen MR) is 78.1 cm³/mol. The third kappa shape index (κ3) is 4.37. The average Bonchev–Trinajstić information content (AvgIpc) is 2.44. The van der Waals surface area contributed by atoms with Gasteiger partial charge in [-0.15, -0.1) is 0 Å². The fourth-order valence-electron chi connectivity index (χ4n) is 2.47. The Bertz CT molecular complexity index is 423. The Labute approximate surface area is 115 Å². The normalized spacial score (nSPS) is 18.6. The monoisotopic (exact) mass is 261 g/mol. The van der Waals surface area contributed by atoms with Crippen LogP contribution in [-0.4, -0.2) is 23.9 Å². The summed E-state index contributed by atoms with van der Waals surface area (Å²) >= 11 is 0. The van der Waals surface area contributed by atoms with Crippen molar-refractivity contribution in [1.82, 2.24) is 0 Å². The highest BCUT2D eigenvalue weighted by molar-refractivity contribution is 5.53. The molecule has 1 fully saturated rings. The molecule has 0 spiro atoms. The Morgan fingerprint density at radius 2 is 2.05 bits per heavy atom. The molecular formula is C16H23NO2. The molecule has 0 aliphatic heterocycles. The van der Waals surface area contributed by atoms with Crippen LogP contribution in [0.25, 0.3) is 6.08 Å². The highest BCUT2D eigenvalue weighted by Gasteiger charge is 2.25. The van der Waals surface area contributed by atoms with Gasteiger partial charge in [0.05, 0.1) is 5.60 Å². The van der Waals surface area contributed by atoms with E-state index in [2.05, 4.69) is 0 Å². The van der Waals surface area contributed by atoms with E-state index in [0.29, 0.717) is 13.2 Å². The minimum Gasteiger partial charge on any atom is -0.492 e. The van der Waals surface area contributed by atoms with Crippen LogP contribution in [0, 0.1) is 0 Å². The molecule has 3 N–H and O–H groups in total. The molecule has 3 nitrogen and oxygen atoms in total. The third-order valence-corrected chi connectivity index (χ3v) is 3.55. The molecule has 0 aromatic heterocycles. The van der Waals surface area contributed by atoms with Gasteiger partial charge in [-0.25, -0.2) is 0 Å². The summed E-state index contributed by atoms with van der Waals surface area (Å²) in [7, 11) is 0. The maximum atomic E-state index is 10.4. The first-order valence-corrected chi connectivity index (χ1v) is 7.06. The van der Waals surface area contributed by atoms with Crippen molar-refractivity contribution in [3.8, 4) is 5.75 Å². The van der Waals surface area contributed by atoms with E-state index in [9.17, 15) is 5.11 Å². The van der Waals surface area contributed by atoms with Gasteiger partial charge in [0.2, 0.25) is 0 Å². The molecule has 1 aliphatic rings. The lowest BCUT2D eigenvalue weighted by Gasteiger charge is -2.28. The van der Waals surface area contributed by atoms with Gasteiger partial charge in [-0.3, -0.25) is 0 Å². The van der Waals surface area contributed by atoms with E-state index < -0.39 is 5.60 Å². The van der Waals surface area contributed by atoms with E-state index in [0.717, 1.165) is 37.0 Å². The van der Waals surface area contributed by atoms with Crippen LogP contribution in [0.15, 0.2) is 30.3 Å². The van der Waals surface area contributed by atoms with Crippen LogP contribution in [0.3, 0.4) is 0 Å². The van der Waals surface area contributed by atoms with E-state index >= 15 is 0 Å². The SMILES string of the molecule is NCCOc1cccc(C=CC2(O)CCCCC2)c1. The second-order valence-corrected chi connectivity index (χ2v) is 5.21. The maximum absolute atomic E-state index is 10.4. The molecule has 1 aliphatic carbocycles. The van der Waals surface area contributed by atoms with E-state index in [-0.39, 0.29) is 0 Å². The summed E-state index contributed by atoms with van der Waals surface area (Å²) in [5.41, 5.74) is 5.85. The van der Waals surface area contributed by atoms with Crippen LogP contribution in [0.1, 0.15) is 37.7 Å². The van der Waals surface area contributed by atoms with Gasteiger partial charge in [0.1, 0.15) is 12.4 Å². The smallest absolute Gasteiger partial charge is 0.119 e. The molecule has 0 bridgehead atoms. The molecule has 1 saturated carbocycles. The van der Waals surface area contributed by atoms with Gasteiger partial charge in [0, 0.05) is 6.54 Å². The lowest BCUT2D eigenvalue weighted by atomic mass is 9.84. The van der Waals surface area contributed by atoms with Crippen LogP contribution in [0.5, 0.6) is 5.75 Å². The van der Waals surface area contributed by atoms with Crippen LogP contribution >= 0.6 is 0 Å². The minimum atomic E-state index is -0.619. The molecule has 0 heterocycles. The Morgan fingerprint density at radius 3 is 2.79 bits per heavy atom. The summed E-state index contributed by atoms with van der Waals surface area (Å²) in [6.07, 6.45) is 9.12. The average molecular weight is 261 g/mol. The molecule has 2 rings (SSSR count). The molecule has 0 amide bonds. The van der Waals surface area contributed by atoms with E-state index in [1.807, 2.05) is 36.4 Å². The molecule has 1 aromatic carbocycles.